The van der Waals surface area contributed by atoms with Gasteiger partial charge in [0.1, 0.15) is 59.8 Å². The number of nitrogens with zero attached hydrogens (tertiary/aromatic N) is 1. The summed E-state index contributed by atoms with van der Waals surface area (Å²) in [5.74, 6) is -9.12. The van der Waals surface area contributed by atoms with E-state index in [1.165, 1.54) is 29.2 Å². The molecule has 18 N–H and O–H groups in total. The number of phenols is 2. The smallest absolute Gasteiger partial charge is 0.326 e. The maximum atomic E-state index is 15.5. The molecule has 9 amide bonds. The van der Waals surface area contributed by atoms with Gasteiger partial charge in [-0.2, -0.15) is 0 Å². The number of likely N-dealkylation sites (tertiary alicyclic amines) is 1. The van der Waals surface area contributed by atoms with Crippen LogP contribution < -0.4 is 54.4 Å². The molecule has 2 aromatic heterocycles. The van der Waals surface area contributed by atoms with Crippen molar-refractivity contribution in [3.8, 4) is 11.5 Å². The zero-order valence-electron chi connectivity index (χ0n) is 53.5. The number of aromatic hydroxyl groups is 2. The van der Waals surface area contributed by atoms with Crippen molar-refractivity contribution in [1.29, 1.82) is 0 Å². The van der Waals surface area contributed by atoms with Gasteiger partial charge < -0.3 is 84.6 Å². The largest absolute Gasteiger partial charge is 0.508 e. The molecule has 0 spiro atoms. The summed E-state index contributed by atoms with van der Waals surface area (Å²) in [5.41, 5.74) is 21.1. The molecule has 4 aromatic carbocycles. The van der Waals surface area contributed by atoms with Gasteiger partial charge in [0.25, 0.3) is 0 Å². The number of benzene rings is 4. The Labute approximate surface area is 545 Å². The number of carboxylic acid groups (broad SMARTS) is 1. The van der Waals surface area contributed by atoms with Gasteiger partial charge in [0.2, 0.25) is 53.2 Å². The number of aliphatic carboxylic acids is 1. The average molecular weight is 1300 g/mol. The molecule has 1 fully saturated rings. The van der Waals surface area contributed by atoms with Gasteiger partial charge in [0.15, 0.2) is 0 Å². The highest BCUT2D eigenvalue weighted by Crippen LogP contribution is 2.26. The first-order valence-corrected chi connectivity index (χ1v) is 32.0. The maximum absolute atomic E-state index is 15.5. The highest BCUT2D eigenvalue weighted by molar-refractivity contribution is 5.99. The van der Waals surface area contributed by atoms with Crippen molar-refractivity contribution >= 4 is 80.9 Å². The monoisotopic (exact) mass is 1300 g/mol. The Bertz CT molecular complexity index is 3610. The number of carbonyl (C=O) groups is 10. The van der Waals surface area contributed by atoms with Gasteiger partial charge >= 0.3 is 5.97 Å². The van der Waals surface area contributed by atoms with E-state index in [0.29, 0.717) is 54.4 Å². The Morgan fingerprint density at radius 2 is 1.01 bits per heavy atom. The number of aromatic nitrogens is 2. The number of carbonyl (C=O) groups excluding carboxylic acids is 9. The van der Waals surface area contributed by atoms with Crippen molar-refractivity contribution in [2.75, 3.05) is 13.1 Å². The zero-order chi connectivity index (χ0) is 68.2. The number of phenolic OH excluding ortho intramolecular Hbond substituents is 2. The van der Waals surface area contributed by atoms with Crippen LogP contribution in [0.5, 0.6) is 11.5 Å². The van der Waals surface area contributed by atoms with Crippen molar-refractivity contribution in [1.82, 2.24) is 52.1 Å². The first-order valence-electron chi connectivity index (χ1n) is 32.0. The zero-order valence-corrected chi connectivity index (χ0v) is 53.5. The number of nitrogens with one attached hydrogen (secondary N) is 9. The lowest BCUT2D eigenvalue weighted by atomic mass is 9.96. The highest BCUT2D eigenvalue weighted by Gasteiger charge is 2.42. The maximum Gasteiger partial charge on any atom is 0.326 e. The minimum absolute atomic E-state index is 0.0384. The number of para-hydroxylation sites is 2. The number of hydrogen-bond acceptors (Lipinski definition) is 14. The number of unbranched alkanes of at least 4 members (excludes halogenated alkanes) is 1. The predicted molar refractivity (Wildman–Crippen MR) is 352 cm³/mol. The fourth-order valence-electron chi connectivity index (χ4n) is 11.5. The third-order valence-electron chi connectivity index (χ3n) is 17.5. The van der Waals surface area contributed by atoms with Crippen LogP contribution in [0.1, 0.15) is 108 Å². The molecule has 26 nitrogen and oxygen atoms in total. The summed E-state index contributed by atoms with van der Waals surface area (Å²) in [5, 5.41) is 51.2. The Hall–Kier alpha value is -9.82. The number of carboxylic acids is 1. The average Bonchev–Trinajstić information content (AvgIpc) is 1.95. The molecule has 1 aliphatic rings. The number of aromatic amines is 2. The van der Waals surface area contributed by atoms with E-state index >= 15 is 14.4 Å². The Kier molecular flexibility index (Phi) is 26.1. The van der Waals surface area contributed by atoms with Crippen LogP contribution in [0.2, 0.25) is 0 Å². The van der Waals surface area contributed by atoms with Crippen molar-refractivity contribution in [2.24, 2.45) is 29.0 Å². The molecule has 26 heteroatoms. The van der Waals surface area contributed by atoms with Crippen LogP contribution in [0.3, 0.4) is 0 Å². The summed E-state index contributed by atoms with van der Waals surface area (Å²) in [6.45, 7) is 7.29. The van der Waals surface area contributed by atoms with Gasteiger partial charge in [0, 0.05) is 72.8 Å². The van der Waals surface area contributed by atoms with E-state index in [4.69, 9.17) is 17.2 Å². The number of hydrogen-bond donors (Lipinski definition) is 15. The molecule has 0 saturated carbocycles. The second-order valence-electron chi connectivity index (χ2n) is 24.3. The summed E-state index contributed by atoms with van der Waals surface area (Å²) < 4.78 is 0. The molecule has 0 unspecified atom stereocenters. The summed E-state index contributed by atoms with van der Waals surface area (Å²) >= 11 is 0. The van der Waals surface area contributed by atoms with Crippen molar-refractivity contribution < 1.29 is 63.3 Å². The SMILES string of the molecule is CC[C@H](C)[C@H](NC(=O)[C@H](Cc1ccc(O)cc1)NC(=O)[C@H](Cc1c[nH]c2ccccc12)NC(=O)[C@@H]1CCCN1C(=O)[C@H](Cc1c[nH]c2ccccc12)NC(=O)[C@H](CCCCN)NC(=O)[C@@H](NC(=O)[C@H](Cc1ccc(O)cc1)NC(=O)[C@@H](N)CCC(N)=O)[C@@H](C)CC)C(=O)O. The summed E-state index contributed by atoms with van der Waals surface area (Å²) in [6.07, 6.45) is 4.77. The van der Waals surface area contributed by atoms with Gasteiger partial charge in [-0.3, -0.25) is 43.2 Å². The van der Waals surface area contributed by atoms with Crippen LogP contribution in [0.25, 0.3) is 21.8 Å². The van der Waals surface area contributed by atoms with E-state index in [0.717, 1.165) is 21.8 Å². The summed E-state index contributed by atoms with van der Waals surface area (Å²) in [4.78, 5) is 149. The normalized spacial score (nSPS) is 16.2. The van der Waals surface area contributed by atoms with Crippen LogP contribution in [0.15, 0.2) is 109 Å². The third kappa shape index (κ3) is 19.6. The molecule has 7 rings (SSSR count). The van der Waals surface area contributed by atoms with Gasteiger partial charge in [-0.25, -0.2) is 4.79 Å². The molecule has 0 radical (unpaired) electrons. The molecular weight excluding hydrogens is 1210 g/mol. The lowest BCUT2D eigenvalue weighted by Gasteiger charge is -2.32. The van der Waals surface area contributed by atoms with Crippen LogP contribution in [0.4, 0.5) is 0 Å². The Morgan fingerprint density at radius 1 is 0.553 bits per heavy atom. The molecule has 1 aliphatic heterocycles. The van der Waals surface area contributed by atoms with Crippen LogP contribution in [0, 0.1) is 11.8 Å². The molecule has 94 heavy (non-hydrogen) atoms. The number of rotatable bonds is 35. The van der Waals surface area contributed by atoms with E-state index in [1.807, 2.05) is 48.5 Å². The molecule has 1 saturated heterocycles. The highest BCUT2D eigenvalue weighted by atomic mass is 16.4. The minimum atomic E-state index is -1.39. The van der Waals surface area contributed by atoms with Gasteiger partial charge in [-0.05, 0) is 116 Å². The predicted octanol–water partition coefficient (Wildman–Crippen LogP) is 2.61. The lowest BCUT2D eigenvalue weighted by molar-refractivity contribution is -0.144. The van der Waals surface area contributed by atoms with Crippen molar-refractivity contribution in [3.63, 3.8) is 0 Å². The van der Waals surface area contributed by atoms with E-state index in [9.17, 15) is 48.9 Å². The second-order valence-corrected chi connectivity index (χ2v) is 24.3. The van der Waals surface area contributed by atoms with E-state index < -0.39 is 125 Å². The number of nitrogens with two attached hydrogens (primary N) is 3. The van der Waals surface area contributed by atoms with E-state index in [2.05, 4.69) is 47.2 Å². The van der Waals surface area contributed by atoms with Crippen LogP contribution in [-0.2, 0) is 73.6 Å². The molecule has 0 bridgehead atoms. The fraction of sp³-hybridized carbons (Fsp3) is 0.441. The van der Waals surface area contributed by atoms with Crippen LogP contribution in [-0.4, -0.2) is 157 Å². The Morgan fingerprint density at radius 3 is 1.53 bits per heavy atom. The molecule has 3 heterocycles. The molecular formula is C68H89N13O13. The van der Waals surface area contributed by atoms with Gasteiger partial charge in [0.05, 0.1) is 6.04 Å². The lowest BCUT2D eigenvalue weighted by Crippen LogP contribution is -2.61. The second kappa shape index (κ2) is 34.2. The van der Waals surface area contributed by atoms with E-state index in [-0.39, 0.29) is 76.0 Å². The topological polar surface area (TPSA) is 428 Å². The number of amides is 9. The van der Waals surface area contributed by atoms with Gasteiger partial charge in [-0.1, -0.05) is 101 Å². The molecule has 6 aromatic rings. The fourth-order valence-corrected chi connectivity index (χ4v) is 11.5. The van der Waals surface area contributed by atoms with Gasteiger partial charge in [-0.15, -0.1) is 0 Å². The minimum Gasteiger partial charge on any atom is -0.508 e. The first kappa shape index (κ1) is 71.6. The standard InChI is InChI=1S/C68H89N13O13/c1-5-38(3)58(79-63(88)52(32-40-20-24-44(82)25-21-40)75-60(85)48(70)28-29-57(71)84)66(91)74-51(18-11-12-30-69)61(86)78-55(35-43-37-73-50-17-10-8-15-47(43)50)67(92)81-31-13-19-56(81)65(90)77-54(34-42-36-72-49-16-9-7-14-46(42)49)62(87)76-53(33-41-22-26-45(83)27-23-41)64(89)80-59(68(93)94)39(4)6-2/h7-10,14-17,20-27,36-39,48,51-56,58-59,72-73,82-83H,5-6,11-13,18-19,28-35,69-70H2,1-4H3,(H2,71,84)(H,74,91)(H,75,85)(H,76,87)(H,77,90)(H,78,86)(H,79,88)(H,80,89)(H,93,94)/t38-,39-,48-,51-,52-,53-,54-,55-,56-,58-,59-/m0/s1. The first-order chi connectivity index (χ1) is 45.0. The van der Waals surface area contributed by atoms with Crippen LogP contribution >= 0.6 is 0 Å². The van der Waals surface area contributed by atoms with E-state index in [1.54, 1.807) is 64.4 Å². The third-order valence-corrected chi connectivity index (χ3v) is 17.5. The molecule has 504 valence electrons. The quantitative estimate of drug-likeness (QED) is 0.0254. The summed E-state index contributed by atoms with van der Waals surface area (Å²) in [6, 6.07) is 14.7. The number of primary amides is 1. The molecule has 11 atom stereocenters. The Balaban J connectivity index is 1.17. The molecule has 0 aliphatic carbocycles. The van der Waals surface area contributed by atoms with Crippen molar-refractivity contribution in [2.45, 2.75) is 166 Å². The summed E-state index contributed by atoms with van der Waals surface area (Å²) in [7, 11) is 0. The number of H-pyrrole nitrogens is 2. The van der Waals surface area contributed by atoms with Crippen molar-refractivity contribution in [3.05, 3.63) is 132 Å². The number of fused-ring (bicyclic) bond motifs is 2.